The Hall–Kier alpha value is -0.0300. The van der Waals surface area contributed by atoms with Crippen molar-refractivity contribution in [2.75, 3.05) is 14.1 Å². The number of hydrogen-bond acceptors (Lipinski definition) is 0. The summed E-state index contributed by atoms with van der Waals surface area (Å²) < 4.78 is 0. The lowest BCUT2D eigenvalue weighted by atomic mass is 10.1. The van der Waals surface area contributed by atoms with E-state index in [0.29, 0.717) is 0 Å². The molecule has 0 atom stereocenters. The Morgan fingerprint density at radius 2 is 1.33 bits per heavy atom. The fourth-order valence-electron chi connectivity index (χ4n) is 1.22. The third-order valence-corrected chi connectivity index (χ3v) is 1.99. The standard InChI is InChI=1S/C9H15N3.3ClH/c1-11-8-3-7(6-10)4-9(5-8)12-2;;;/h3-5,11-12H,6,10H2,1-2H3;3*1H. The van der Waals surface area contributed by atoms with Crippen LogP contribution in [0.4, 0.5) is 11.4 Å². The van der Waals surface area contributed by atoms with Gasteiger partial charge in [0, 0.05) is 17.7 Å². The highest BCUT2D eigenvalue weighted by molar-refractivity contribution is 5.44. The molecule has 1 aromatic rings. The van der Waals surface area contributed by atoms with Crippen molar-refractivity contribution in [1.29, 1.82) is 0 Å². The molecule has 1 rings (SSSR count). The zero-order valence-electron chi connectivity index (χ0n) is 8.93. The Labute approximate surface area is 109 Å². The molecule has 6 heteroatoms. The van der Waals surface area contributed by atoms with Crippen molar-refractivity contribution in [1.82, 2.24) is 0 Å². The largest absolute Gasteiger partial charge is 1.00 e. The lowest BCUT2D eigenvalue weighted by Crippen LogP contribution is -3.00. The quantitative estimate of drug-likeness (QED) is 0.459. The van der Waals surface area contributed by atoms with Crippen molar-refractivity contribution in [2.45, 2.75) is 6.54 Å². The van der Waals surface area contributed by atoms with Gasteiger partial charge in [-0.15, -0.1) is 0 Å². The first-order valence-corrected chi connectivity index (χ1v) is 4.32. The summed E-state index contributed by atoms with van der Waals surface area (Å²) in [6.45, 7) is 0.864. The minimum absolute atomic E-state index is 0. The van der Waals surface area contributed by atoms with Crippen LogP contribution in [0.5, 0.6) is 0 Å². The lowest BCUT2D eigenvalue weighted by Gasteiger charge is -2.00. The first-order chi connectivity index (χ1) is 5.80. The second-order valence-corrected chi connectivity index (χ2v) is 2.84. The third-order valence-electron chi connectivity index (χ3n) is 1.99. The SMILES string of the molecule is C[NH2+]c1cc(C[NH3+])cc([NH2+]C)c1.[Cl-].[Cl-].[Cl-]. The van der Waals surface area contributed by atoms with Crippen LogP contribution in [0.1, 0.15) is 5.56 Å². The van der Waals surface area contributed by atoms with Gasteiger partial charge in [-0.05, 0) is 0 Å². The van der Waals surface area contributed by atoms with Gasteiger partial charge >= 0.3 is 0 Å². The molecule has 0 aliphatic carbocycles. The van der Waals surface area contributed by atoms with Gasteiger partial charge in [-0.3, -0.25) is 0 Å². The van der Waals surface area contributed by atoms with Gasteiger partial charge < -0.3 is 53.6 Å². The van der Waals surface area contributed by atoms with Gasteiger partial charge in [-0.1, -0.05) is 0 Å². The van der Waals surface area contributed by atoms with Crippen LogP contribution in [0, 0.1) is 0 Å². The second kappa shape index (κ2) is 10.5. The number of nitrogens with two attached hydrogens (primary N) is 2. The van der Waals surface area contributed by atoms with Gasteiger partial charge in [0.2, 0.25) is 0 Å². The molecular formula is C9H18Cl3N3. The van der Waals surface area contributed by atoms with Crippen LogP contribution < -0.4 is 53.6 Å². The minimum atomic E-state index is 0. The summed E-state index contributed by atoms with van der Waals surface area (Å²) in [5.41, 5.74) is 7.75. The third kappa shape index (κ3) is 6.20. The number of hydrogen-bond donors (Lipinski definition) is 3. The molecular weight excluding hydrogens is 256 g/mol. The topological polar surface area (TPSA) is 60.9 Å². The second-order valence-electron chi connectivity index (χ2n) is 2.84. The van der Waals surface area contributed by atoms with Crippen LogP contribution >= 0.6 is 0 Å². The smallest absolute Gasteiger partial charge is 0.135 e. The molecule has 0 saturated heterocycles. The number of rotatable bonds is 3. The number of quaternary nitrogens is 3. The Morgan fingerprint density at radius 3 is 1.60 bits per heavy atom. The Bertz CT molecular complexity index is 214. The van der Waals surface area contributed by atoms with Crippen molar-refractivity contribution in [3.8, 4) is 0 Å². The molecule has 0 amide bonds. The summed E-state index contributed by atoms with van der Waals surface area (Å²) >= 11 is 0. The van der Waals surface area contributed by atoms with Crippen molar-refractivity contribution < 1.29 is 53.6 Å². The Balaban J connectivity index is -0.000000480. The van der Waals surface area contributed by atoms with E-state index in [-0.39, 0.29) is 37.2 Å². The zero-order valence-corrected chi connectivity index (χ0v) is 11.2. The molecule has 1 aromatic carbocycles. The molecule has 90 valence electrons. The molecule has 15 heavy (non-hydrogen) atoms. The highest BCUT2D eigenvalue weighted by Crippen LogP contribution is 2.10. The van der Waals surface area contributed by atoms with E-state index in [1.54, 1.807) is 0 Å². The van der Waals surface area contributed by atoms with Crippen molar-refractivity contribution >= 4 is 11.4 Å². The van der Waals surface area contributed by atoms with Crippen LogP contribution in [0.25, 0.3) is 0 Å². The Kier molecular flexibility index (Phi) is 14.3. The van der Waals surface area contributed by atoms with Crippen LogP contribution in [0.15, 0.2) is 18.2 Å². The predicted octanol–water partition coefficient (Wildman–Crippen LogP) is -10.9. The zero-order chi connectivity index (χ0) is 8.97. The van der Waals surface area contributed by atoms with Crippen LogP contribution in [0.2, 0.25) is 0 Å². The van der Waals surface area contributed by atoms with E-state index in [2.05, 4.69) is 48.7 Å². The summed E-state index contributed by atoms with van der Waals surface area (Å²) in [6, 6.07) is 6.54. The van der Waals surface area contributed by atoms with E-state index in [9.17, 15) is 0 Å². The highest BCUT2D eigenvalue weighted by atomic mass is 35.5. The molecule has 0 unspecified atom stereocenters. The average Bonchev–Trinajstić information content (AvgIpc) is 2.16. The number of benzene rings is 1. The van der Waals surface area contributed by atoms with E-state index in [4.69, 9.17) is 0 Å². The summed E-state index contributed by atoms with van der Waals surface area (Å²) in [5, 5.41) is 4.23. The van der Waals surface area contributed by atoms with Gasteiger partial charge in [0.1, 0.15) is 17.9 Å². The van der Waals surface area contributed by atoms with Gasteiger partial charge in [-0.2, -0.15) is 0 Å². The van der Waals surface area contributed by atoms with Gasteiger partial charge in [0.25, 0.3) is 0 Å². The van der Waals surface area contributed by atoms with Gasteiger partial charge in [0.15, 0.2) is 0 Å². The first-order valence-electron chi connectivity index (χ1n) is 4.32. The molecule has 0 fully saturated rings. The lowest BCUT2D eigenvalue weighted by molar-refractivity contribution is -0.547. The monoisotopic (exact) mass is 273 g/mol. The van der Waals surface area contributed by atoms with Crippen LogP contribution in [0.3, 0.4) is 0 Å². The summed E-state index contributed by atoms with van der Waals surface area (Å²) in [4.78, 5) is 0. The highest BCUT2D eigenvalue weighted by Gasteiger charge is 2.03. The molecule has 0 saturated carbocycles. The predicted molar refractivity (Wildman–Crippen MR) is 48.1 cm³/mol. The average molecular weight is 275 g/mol. The maximum atomic E-state index is 3.88. The van der Waals surface area contributed by atoms with E-state index >= 15 is 0 Å². The first kappa shape index (κ1) is 20.4. The molecule has 0 aliphatic heterocycles. The van der Waals surface area contributed by atoms with Gasteiger partial charge in [0.05, 0.1) is 20.2 Å². The molecule has 0 heterocycles. The van der Waals surface area contributed by atoms with Crippen LogP contribution in [-0.2, 0) is 6.54 Å². The fourth-order valence-corrected chi connectivity index (χ4v) is 1.22. The van der Waals surface area contributed by atoms with Crippen molar-refractivity contribution in [3.63, 3.8) is 0 Å². The van der Waals surface area contributed by atoms with E-state index < -0.39 is 0 Å². The molecule has 3 nitrogen and oxygen atoms in total. The fraction of sp³-hybridized carbons (Fsp3) is 0.333. The van der Waals surface area contributed by atoms with Crippen molar-refractivity contribution in [2.24, 2.45) is 0 Å². The van der Waals surface area contributed by atoms with Gasteiger partial charge in [-0.25, -0.2) is 0 Å². The molecule has 0 aromatic heterocycles. The van der Waals surface area contributed by atoms with Crippen LogP contribution in [-0.4, -0.2) is 14.1 Å². The normalized spacial score (nSPS) is 8.20. The maximum absolute atomic E-state index is 3.88. The summed E-state index contributed by atoms with van der Waals surface area (Å²) in [6.07, 6.45) is 0. The number of halogens is 3. The summed E-state index contributed by atoms with van der Waals surface area (Å²) in [5.74, 6) is 0. The molecule has 0 radical (unpaired) electrons. The molecule has 0 aliphatic rings. The Morgan fingerprint density at radius 1 is 0.933 bits per heavy atom. The summed E-state index contributed by atoms with van der Waals surface area (Å²) in [7, 11) is 4.11. The maximum Gasteiger partial charge on any atom is 0.135 e. The molecule has 0 bridgehead atoms. The molecule has 0 spiro atoms. The van der Waals surface area contributed by atoms with E-state index in [0.717, 1.165) is 6.54 Å². The molecule has 7 N–H and O–H groups in total. The van der Waals surface area contributed by atoms with E-state index in [1.165, 1.54) is 16.9 Å². The van der Waals surface area contributed by atoms with E-state index in [1.807, 2.05) is 0 Å². The van der Waals surface area contributed by atoms with Crippen molar-refractivity contribution in [3.05, 3.63) is 23.8 Å². The minimum Gasteiger partial charge on any atom is -1.00 e.